The summed E-state index contributed by atoms with van der Waals surface area (Å²) in [6.45, 7) is 0.655. The summed E-state index contributed by atoms with van der Waals surface area (Å²) in [5, 5.41) is 3.06. The molecule has 2 aliphatic rings. The Kier molecular flexibility index (Phi) is 4.76. The third kappa shape index (κ3) is 3.54. The Hall–Kier alpha value is -0.330. The molecule has 1 aromatic rings. The Morgan fingerprint density at radius 2 is 1.90 bits per heavy atom. The number of rotatable bonds is 2. The fourth-order valence-electron chi connectivity index (χ4n) is 3.13. The van der Waals surface area contributed by atoms with E-state index in [2.05, 4.69) is 21.2 Å². The molecule has 1 atom stereocenters. The minimum Gasteiger partial charge on any atom is -0.377 e. The van der Waals surface area contributed by atoms with E-state index in [1.807, 2.05) is 11.8 Å². The molecule has 1 N–H and O–H groups in total. The van der Waals surface area contributed by atoms with Crippen molar-refractivity contribution in [1.82, 2.24) is 0 Å². The van der Waals surface area contributed by atoms with E-state index in [0.29, 0.717) is 11.1 Å². The Morgan fingerprint density at radius 1 is 1.24 bits per heavy atom. The highest BCUT2D eigenvalue weighted by Gasteiger charge is 2.39. The van der Waals surface area contributed by atoms with E-state index < -0.39 is 11.6 Å². The molecule has 0 bridgehead atoms. The van der Waals surface area contributed by atoms with E-state index in [1.165, 1.54) is 12.1 Å². The number of hydrogen-bond donors (Lipinski definition) is 1. The van der Waals surface area contributed by atoms with Gasteiger partial charge in [-0.05, 0) is 49.3 Å². The zero-order valence-electron chi connectivity index (χ0n) is 11.6. The number of hydrogen-bond acceptors (Lipinski definition) is 3. The molecule has 0 saturated carbocycles. The van der Waals surface area contributed by atoms with Gasteiger partial charge in [0.1, 0.15) is 17.3 Å². The van der Waals surface area contributed by atoms with Gasteiger partial charge in [0.25, 0.3) is 0 Å². The van der Waals surface area contributed by atoms with Crippen LogP contribution in [0.5, 0.6) is 0 Å². The fourth-order valence-corrected chi connectivity index (χ4v) is 4.77. The SMILES string of the molecule is Fc1cc(Br)cc(F)c1NC1CCOC2(CCSCC2)C1. The summed E-state index contributed by atoms with van der Waals surface area (Å²) in [7, 11) is 0. The largest absolute Gasteiger partial charge is 0.377 e. The van der Waals surface area contributed by atoms with Crippen molar-refractivity contribution in [2.24, 2.45) is 0 Å². The molecular formula is C15H18BrF2NOS. The number of ether oxygens (including phenoxy) is 1. The Morgan fingerprint density at radius 3 is 2.57 bits per heavy atom. The van der Waals surface area contributed by atoms with Gasteiger partial charge in [0.05, 0.1) is 5.60 Å². The molecule has 116 valence electrons. The summed E-state index contributed by atoms with van der Waals surface area (Å²) in [4.78, 5) is 0. The maximum Gasteiger partial charge on any atom is 0.150 e. The van der Waals surface area contributed by atoms with E-state index in [9.17, 15) is 8.78 Å². The van der Waals surface area contributed by atoms with Crippen LogP contribution in [0.4, 0.5) is 14.5 Å². The highest BCUT2D eigenvalue weighted by atomic mass is 79.9. The molecule has 0 aliphatic carbocycles. The van der Waals surface area contributed by atoms with Gasteiger partial charge in [-0.15, -0.1) is 0 Å². The number of thioether (sulfide) groups is 1. The first-order chi connectivity index (χ1) is 10.1. The lowest BCUT2D eigenvalue weighted by atomic mass is 9.85. The second-order valence-electron chi connectivity index (χ2n) is 5.72. The van der Waals surface area contributed by atoms with Crippen LogP contribution < -0.4 is 5.32 Å². The molecule has 21 heavy (non-hydrogen) atoms. The standard InChI is InChI=1S/C15H18BrF2NOS/c16-10-7-12(17)14(13(18)8-10)19-11-1-4-20-15(9-11)2-5-21-6-3-15/h7-8,11,19H,1-6,9H2. The maximum absolute atomic E-state index is 13.9. The lowest BCUT2D eigenvalue weighted by Gasteiger charge is -2.43. The molecule has 2 aliphatic heterocycles. The van der Waals surface area contributed by atoms with Gasteiger partial charge in [0, 0.05) is 17.1 Å². The van der Waals surface area contributed by atoms with Gasteiger partial charge in [-0.1, -0.05) is 15.9 Å². The molecule has 0 radical (unpaired) electrons. The van der Waals surface area contributed by atoms with Crippen LogP contribution in [0.2, 0.25) is 0 Å². The number of anilines is 1. The van der Waals surface area contributed by atoms with E-state index in [-0.39, 0.29) is 17.3 Å². The van der Waals surface area contributed by atoms with Crippen LogP contribution in [-0.2, 0) is 4.74 Å². The molecule has 2 fully saturated rings. The van der Waals surface area contributed by atoms with Crippen molar-refractivity contribution in [2.75, 3.05) is 23.4 Å². The first kappa shape index (κ1) is 15.6. The zero-order chi connectivity index (χ0) is 14.9. The van der Waals surface area contributed by atoms with Crippen molar-refractivity contribution in [3.8, 4) is 0 Å². The predicted octanol–water partition coefficient (Wildman–Crippen LogP) is 4.58. The van der Waals surface area contributed by atoms with Crippen molar-refractivity contribution >= 4 is 33.4 Å². The monoisotopic (exact) mass is 377 g/mol. The topological polar surface area (TPSA) is 21.3 Å². The quantitative estimate of drug-likeness (QED) is 0.814. The average Bonchev–Trinajstić information content (AvgIpc) is 2.44. The van der Waals surface area contributed by atoms with E-state index in [1.54, 1.807) is 0 Å². The third-order valence-electron chi connectivity index (χ3n) is 4.25. The molecule has 0 amide bonds. The van der Waals surface area contributed by atoms with E-state index in [4.69, 9.17) is 4.74 Å². The van der Waals surface area contributed by atoms with E-state index >= 15 is 0 Å². The normalized spacial score (nSPS) is 25.0. The summed E-state index contributed by atoms with van der Waals surface area (Å²) in [6.07, 6.45) is 3.66. The lowest BCUT2D eigenvalue weighted by Crippen LogP contribution is -2.46. The lowest BCUT2D eigenvalue weighted by molar-refractivity contribution is -0.0866. The zero-order valence-corrected chi connectivity index (χ0v) is 14.0. The Bertz CT molecular complexity index is 494. The number of benzene rings is 1. The molecule has 1 aromatic carbocycles. The van der Waals surface area contributed by atoms with Gasteiger partial charge in [-0.25, -0.2) is 8.78 Å². The van der Waals surface area contributed by atoms with Gasteiger partial charge in [0.2, 0.25) is 0 Å². The third-order valence-corrected chi connectivity index (χ3v) is 5.70. The van der Waals surface area contributed by atoms with Gasteiger partial charge in [-0.3, -0.25) is 0 Å². The van der Waals surface area contributed by atoms with Crippen molar-refractivity contribution < 1.29 is 13.5 Å². The molecule has 3 rings (SSSR count). The highest BCUT2D eigenvalue weighted by Crippen LogP contribution is 2.38. The maximum atomic E-state index is 13.9. The summed E-state index contributed by atoms with van der Waals surface area (Å²) in [6, 6.07) is 2.64. The van der Waals surface area contributed by atoms with Crippen LogP contribution in [-0.4, -0.2) is 29.8 Å². The second-order valence-corrected chi connectivity index (χ2v) is 7.86. The molecule has 2 heterocycles. The molecule has 2 nitrogen and oxygen atoms in total. The number of nitrogens with one attached hydrogen (secondary N) is 1. The Labute approximate surface area is 136 Å². The molecule has 1 spiro atoms. The average molecular weight is 378 g/mol. The first-order valence-electron chi connectivity index (χ1n) is 7.21. The molecule has 6 heteroatoms. The predicted molar refractivity (Wildman–Crippen MR) is 85.9 cm³/mol. The summed E-state index contributed by atoms with van der Waals surface area (Å²) < 4.78 is 34.3. The Balaban J connectivity index is 1.73. The molecule has 0 aromatic heterocycles. The van der Waals surface area contributed by atoms with Gasteiger partial charge >= 0.3 is 0 Å². The van der Waals surface area contributed by atoms with Crippen molar-refractivity contribution in [3.63, 3.8) is 0 Å². The first-order valence-corrected chi connectivity index (χ1v) is 9.16. The number of halogens is 3. The van der Waals surface area contributed by atoms with Crippen molar-refractivity contribution in [1.29, 1.82) is 0 Å². The van der Waals surface area contributed by atoms with Crippen LogP contribution in [0.15, 0.2) is 16.6 Å². The molecule has 2 saturated heterocycles. The summed E-state index contributed by atoms with van der Waals surface area (Å²) in [5.74, 6) is 1.10. The van der Waals surface area contributed by atoms with Crippen LogP contribution in [0.1, 0.15) is 25.7 Å². The fraction of sp³-hybridized carbons (Fsp3) is 0.600. The van der Waals surface area contributed by atoms with Crippen LogP contribution in [0.3, 0.4) is 0 Å². The van der Waals surface area contributed by atoms with Gasteiger partial charge in [-0.2, -0.15) is 11.8 Å². The minimum absolute atomic E-state index is 0.0227. The second kappa shape index (κ2) is 6.42. The summed E-state index contributed by atoms with van der Waals surface area (Å²) >= 11 is 5.05. The minimum atomic E-state index is -0.554. The van der Waals surface area contributed by atoms with E-state index in [0.717, 1.165) is 37.2 Å². The van der Waals surface area contributed by atoms with Crippen LogP contribution in [0, 0.1) is 11.6 Å². The van der Waals surface area contributed by atoms with Crippen molar-refractivity contribution in [2.45, 2.75) is 37.3 Å². The van der Waals surface area contributed by atoms with Gasteiger partial charge < -0.3 is 10.1 Å². The molecular weight excluding hydrogens is 360 g/mol. The highest BCUT2D eigenvalue weighted by molar-refractivity contribution is 9.10. The van der Waals surface area contributed by atoms with Gasteiger partial charge in [0.15, 0.2) is 0 Å². The molecule has 1 unspecified atom stereocenters. The van der Waals surface area contributed by atoms with Crippen LogP contribution >= 0.6 is 27.7 Å². The van der Waals surface area contributed by atoms with Crippen LogP contribution in [0.25, 0.3) is 0 Å². The summed E-state index contributed by atoms with van der Waals surface area (Å²) in [5.41, 5.74) is -0.117. The van der Waals surface area contributed by atoms with Crippen molar-refractivity contribution in [3.05, 3.63) is 28.2 Å². The smallest absolute Gasteiger partial charge is 0.150 e.